The third kappa shape index (κ3) is 4.09. The molecule has 4 heteroatoms. The Labute approximate surface area is 294 Å². The summed E-state index contributed by atoms with van der Waals surface area (Å²) in [5.41, 5.74) is 12.0. The van der Waals surface area contributed by atoms with Crippen molar-refractivity contribution in [1.82, 2.24) is 4.57 Å². The van der Waals surface area contributed by atoms with E-state index in [9.17, 15) is 0 Å². The second-order valence-electron chi connectivity index (χ2n) is 13.2. The summed E-state index contributed by atoms with van der Waals surface area (Å²) in [5, 5.41) is 12.8. The van der Waals surface area contributed by atoms with Crippen LogP contribution >= 0.6 is 11.3 Å². The number of nitrogens with zero attached hydrogens (tertiary/aromatic N) is 1. The van der Waals surface area contributed by atoms with Gasteiger partial charge in [-0.15, -0.1) is 11.3 Å². The summed E-state index contributed by atoms with van der Waals surface area (Å²) in [6, 6.07) is 59.6. The molecule has 11 rings (SSSR count). The van der Waals surface area contributed by atoms with Crippen LogP contribution in [-0.2, 0) is 0 Å². The Bertz CT molecular complexity index is 2970. The topological polar surface area (TPSA) is 17.0 Å². The summed E-state index contributed by atoms with van der Waals surface area (Å²) in [6.45, 7) is 0. The fourth-order valence-electron chi connectivity index (χ4n) is 8.10. The molecule has 2 aromatic heterocycles. The molecule has 1 aliphatic heterocycles. The number of rotatable bonds is 4. The fourth-order valence-corrected chi connectivity index (χ4v) is 9.33. The summed E-state index contributed by atoms with van der Waals surface area (Å²) in [6.07, 6.45) is 0. The third-order valence-corrected chi connectivity index (χ3v) is 11.5. The van der Waals surface area contributed by atoms with Gasteiger partial charge in [0.05, 0.1) is 0 Å². The first-order valence-corrected chi connectivity index (χ1v) is 17.9. The van der Waals surface area contributed by atoms with Crippen LogP contribution in [-0.4, -0.2) is 11.8 Å². The highest BCUT2D eigenvalue weighted by molar-refractivity contribution is 7.25. The normalized spacial score (nSPS) is 12.2. The highest BCUT2D eigenvalue weighted by Gasteiger charge is 2.29. The van der Waals surface area contributed by atoms with Gasteiger partial charge in [-0.3, -0.25) is 0 Å². The molecule has 10 aromatic rings. The van der Waals surface area contributed by atoms with E-state index in [1.54, 1.807) is 0 Å². The average Bonchev–Trinajstić information content (AvgIpc) is 3.71. The molecule has 0 atom stereocenters. The molecule has 3 heterocycles. The quantitative estimate of drug-likeness (QED) is 0.187. The van der Waals surface area contributed by atoms with Crippen molar-refractivity contribution in [1.29, 1.82) is 0 Å². The summed E-state index contributed by atoms with van der Waals surface area (Å²) >= 11 is 1.90. The number of fused-ring (bicyclic) bond motifs is 10. The van der Waals surface area contributed by atoms with Gasteiger partial charge in [0, 0.05) is 54.4 Å². The van der Waals surface area contributed by atoms with Crippen molar-refractivity contribution < 1.29 is 0 Å². The molecule has 0 bridgehead atoms. The zero-order valence-corrected chi connectivity index (χ0v) is 27.8. The molecule has 50 heavy (non-hydrogen) atoms. The van der Waals surface area contributed by atoms with E-state index >= 15 is 0 Å². The largest absolute Gasteiger partial charge is 0.355 e. The predicted octanol–water partition coefficient (Wildman–Crippen LogP) is 11.4. The molecule has 0 unspecified atom stereocenters. The molecule has 0 saturated carbocycles. The lowest BCUT2D eigenvalue weighted by molar-refractivity contribution is 1.22. The maximum absolute atomic E-state index is 3.86. The van der Waals surface area contributed by atoms with Crippen LogP contribution in [0.25, 0.3) is 80.7 Å². The minimum absolute atomic E-state index is 1.06. The van der Waals surface area contributed by atoms with E-state index in [1.807, 2.05) is 11.3 Å². The summed E-state index contributed by atoms with van der Waals surface area (Å²) < 4.78 is 3.90. The van der Waals surface area contributed by atoms with E-state index in [0.29, 0.717) is 0 Å². The van der Waals surface area contributed by atoms with Crippen molar-refractivity contribution in [3.05, 3.63) is 164 Å². The highest BCUT2D eigenvalue weighted by Crippen LogP contribution is 2.45. The lowest BCUT2D eigenvalue weighted by Crippen LogP contribution is -2.37. The number of aromatic nitrogens is 1. The molecule has 1 aliphatic rings. The van der Waals surface area contributed by atoms with Crippen LogP contribution in [0.4, 0.5) is 11.4 Å². The zero-order valence-electron chi connectivity index (χ0n) is 27.0. The highest BCUT2D eigenvalue weighted by atomic mass is 32.1. The van der Waals surface area contributed by atoms with Gasteiger partial charge in [-0.05, 0) is 74.7 Å². The van der Waals surface area contributed by atoms with Crippen LogP contribution in [0.15, 0.2) is 164 Å². The predicted molar refractivity (Wildman–Crippen MR) is 217 cm³/mol. The maximum Gasteiger partial charge on any atom is 0.197 e. The molecular formula is C46H28BN2S. The van der Waals surface area contributed by atoms with E-state index in [2.05, 4.69) is 181 Å². The number of hydrogen-bond donors (Lipinski definition) is 1. The number of benzene rings is 8. The Balaban J connectivity index is 1.18. The molecular weight excluding hydrogens is 623 g/mol. The SMILES string of the molecule is [B]1c2c(-c3cc4ccccc4cc3Nc3ccc(-c4ccccc4)cc3)cc3ccccc3c2-n2c3sc4ccccc4c3c3cccc1c32. The first-order chi connectivity index (χ1) is 24.8. The molecule has 1 N–H and O–H groups in total. The van der Waals surface area contributed by atoms with Crippen LogP contribution in [0.1, 0.15) is 0 Å². The Morgan fingerprint density at radius 2 is 1.18 bits per heavy atom. The van der Waals surface area contributed by atoms with Crippen molar-refractivity contribution in [2.75, 3.05) is 5.32 Å². The molecule has 231 valence electrons. The van der Waals surface area contributed by atoms with Gasteiger partial charge in [0.25, 0.3) is 0 Å². The minimum Gasteiger partial charge on any atom is -0.355 e. The van der Waals surface area contributed by atoms with Crippen LogP contribution < -0.4 is 16.2 Å². The van der Waals surface area contributed by atoms with E-state index in [-0.39, 0.29) is 0 Å². The van der Waals surface area contributed by atoms with E-state index in [0.717, 1.165) is 11.4 Å². The van der Waals surface area contributed by atoms with Crippen molar-refractivity contribution >= 4 is 93.7 Å². The van der Waals surface area contributed by atoms with Crippen LogP contribution in [0, 0.1) is 0 Å². The molecule has 0 spiro atoms. The van der Waals surface area contributed by atoms with Gasteiger partial charge < -0.3 is 9.88 Å². The molecule has 0 fully saturated rings. The number of anilines is 2. The average molecular weight is 652 g/mol. The second kappa shape index (κ2) is 10.7. The fraction of sp³-hybridized carbons (Fsp3) is 0. The van der Waals surface area contributed by atoms with Gasteiger partial charge in [-0.2, -0.15) is 0 Å². The zero-order chi connectivity index (χ0) is 32.8. The van der Waals surface area contributed by atoms with Gasteiger partial charge in [0.2, 0.25) is 0 Å². The molecule has 0 saturated heterocycles. The summed E-state index contributed by atoms with van der Waals surface area (Å²) in [7, 11) is 2.43. The lowest BCUT2D eigenvalue weighted by Gasteiger charge is -2.26. The van der Waals surface area contributed by atoms with Gasteiger partial charge in [-0.1, -0.05) is 133 Å². The maximum atomic E-state index is 3.86. The number of hydrogen-bond acceptors (Lipinski definition) is 2. The van der Waals surface area contributed by atoms with Crippen LogP contribution in [0.3, 0.4) is 0 Å². The van der Waals surface area contributed by atoms with Crippen molar-refractivity contribution in [2.24, 2.45) is 0 Å². The van der Waals surface area contributed by atoms with Crippen LogP contribution in [0.2, 0.25) is 0 Å². The van der Waals surface area contributed by atoms with Crippen LogP contribution in [0.5, 0.6) is 0 Å². The molecule has 1 radical (unpaired) electrons. The molecule has 0 amide bonds. The Morgan fingerprint density at radius 3 is 2.02 bits per heavy atom. The molecule has 2 nitrogen and oxygen atoms in total. The third-order valence-electron chi connectivity index (χ3n) is 10.4. The van der Waals surface area contributed by atoms with E-state index in [1.165, 1.54) is 91.6 Å². The smallest absolute Gasteiger partial charge is 0.197 e. The standard InChI is InChI=1S/C46H28BN2S/c1-2-11-28(12-3-1)29-21-23-33(24-22-29)48-40-27-31-14-5-4-13-30(31)25-37(40)38-26-32-15-6-7-16-34(32)45-43(38)47-39-19-10-18-36-42-35-17-8-9-20-41(35)50-46(42)49(45)44(36)39/h1-27,48H. The van der Waals surface area contributed by atoms with Crippen molar-refractivity contribution in [3.8, 4) is 27.9 Å². The van der Waals surface area contributed by atoms with E-state index < -0.39 is 0 Å². The Hall–Kier alpha value is -6.10. The van der Waals surface area contributed by atoms with Gasteiger partial charge in [0.1, 0.15) is 4.83 Å². The lowest BCUT2D eigenvalue weighted by atomic mass is 9.58. The van der Waals surface area contributed by atoms with Crippen molar-refractivity contribution in [2.45, 2.75) is 0 Å². The number of nitrogens with one attached hydrogen (secondary N) is 1. The monoisotopic (exact) mass is 651 g/mol. The van der Waals surface area contributed by atoms with Gasteiger partial charge in [-0.25, -0.2) is 0 Å². The molecule has 8 aromatic carbocycles. The number of para-hydroxylation sites is 1. The molecule has 0 aliphatic carbocycles. The van der Waals surface area contributed by atoms with Gasteiger partial charge >= 0.3 is 0 Å². The minimum atomic E-state index is 1.06. The second-order valence-corrected chi connectivity index (χ2v) is 14.3. The first kappa shape index (κ1) is 27.8. The number of thiophene rings is 1. The summed E-state index contributed by atoms with van der Waals surface area (Å²) in [5.74, 6) is 0. The Morgan fingerprint density at radius 1 is 0.520 bits per heavy atom. The van der Waals surface area contributed by atoms with E-state index in [4.69, 9.17) is 0 Å². The Kier molecular flexibility index (Phi) is 5.95. The van der Waals surface area contributed by atoms with Gasteiger partial charge in [0.15, 0.2) is 7.28 Å². The first-order valence-electron chi connectivity index (χ1n) is 17.1. The summed E-state index contributed by atoms with van der Waals surface area (Å²) in [4.78, 5) is 1.31. The van der Waals surface area contributed by atoms with Crippen molar-refractivity contribution in [3.63, 3.8) is 0 Å².